The average molecular weight is 329 g/mol. The fourth-order valence-corrected chi connectivity index (χ4v) is 2.56. The Morgan fingerprint density at radius 1 is 1.04 bits per heavy atom. The Balaban J connectivity index is 0.00000192. The van der Waals surface area contributed by atoms with Gasteiger partial charge in [-0.05, 0) is 16.8 Å². The number of aromatic nitrogens is 1. The summed E-state index contributed by atoms with van der Waals surface area (Å²) in [5.74, 6) is -0.283. The Kier molecular flexibility index (Phi) is 5.68. The third-order valence-electron chi connectivity index (χ3n) is 3.59. The van der Waals surface area contributed by atoms with Crippen molar-refractivity contribution in [3.8, 4) is 0 Å². The highest BCUT2D eigenvalue weighted by Crippen LogP contribution is 2.18. The Hall–Kier alpha value is -2.43. The molecule has 0 bridgehead atoms. The van der Waals surface area contributed by atoms with E-state index in [4.69, 9.17) is 5.11 Å². The van der Waals surface area contributed by atoms with Crippen LogP contribution in [0.25, 0.3) is 10.8 Å². The fraction of sp³-hybridized carbons (Fsp3) is 0.111. The van der Waals surface area contributed by atoms with Gasteiger partial charge in [-0.2, -0.15) is 4.57 Å². The van der Waals surface area contributed by atoms with Crippen LogP contribution in [0.5, 0.6) is 0 Å². The van der Waals surface area contributed by atoms with Crippen molar-refractivity contribution < 1.29 is 26.9 Å². The largest absolute Gasteiger partial charge is 1.00 e. The van der Waals surface area contributed by atoms with Gasteiger partial charge in [0.25, 0.3) is 5.91 Å². The summed E-state index contributed by atoms with van der Waals surface area (Å²) < 4.78 is 1.97. The third kappa shape index (κ3) is 3.86. The van der Waals surface area contributed by atoms with Crippen molar-refractivity contribution in [3.05, 3.63) is 78.1 Å². The van der Waals surface area contributed by atoms with E-state index >= 15 is 0 Å². The van der Waals surface area contributed by atoms with Crippen LogP contribution >= 0.6 is 0 Å². The number of halogens is 1. The minimum absolute atomic E-state index is 0. The van der Waals surface area contributed by atoms with Gasteiger partial charge in [0.2, 0.25) is 0 Å². The second-order valence-electron chi connectivity index (χ2n) is 5.07. The Labute approximate surface area is 140 Å². The van der Waals surface area contributed by atoms with Gasteiger partial charge in [0, 0.05) is 11.6 Å². The zero-order valence-electron chi connectivity index (χ0n) is 12.4. The van der Waals surface area contributed by atoms with Gasteiger partial charge in [0.15, 0.2) is 18.9 Å². The molecule has 1 amide bonds. The van der Waals surface area contributed by atoms with E-state index in [9.17, 15) is 4.79 Å². The number of amides is 1. The lowest BCUT2D eigenvalue weighted by Crippen LogP contribution is -3.00. The van der Waals surface area contributed by atoms with Crippen molar-refractivity contribution >= 4 is 16.7 Å². The summed E-state index contributed by atoms with van der Waals surface area (Å²) in [6, 6.07) is 18.0. The SMILES string of the molecule is O=C(NCO)c1ccc[n+](Cc2cccc3ccccc23)c1.[Cl-]. The Morgan fingerprint density at radius 3 is 2.65 bits per heavy atom. The molecule has 118 valence electrons. The molecule has 0 atom stereocenters. The average Bonchev–Trinajstić information content (AvgIpc) is 2.56. The van der Waals surface area contributed by atoms with Crippen LogP contribution in [0.2, 0.25) is 0 Å². The first-order valence-electron chi connectivity index (χ1n) is 7.13. The molecule has 0 radical (unpaired) electrons. The molecule has 5 heteroatoms. The number of aliphatic hydroxyl groups is 1. The van der Waals surface area contributed by atoms with Gasteiger partial charge in [0.1, 0.15) is 12.3 Å². The van der Waals surface area contributed by atoms with E-state index in [1.165, 1.54) is 16.3 Å². The number of aliphatic hydroxyl groups excluding tert-OH is 1. The van der Waals surface area contributed by atoms with E-state index < -0.39 is 0 Å². The van der Waals surface area contributed by atoms with Crippen LogP contribution in [-0.2, 0) is 6.54 Å². The molecule has 0 aliphatic carbocycles. The molecule has 3 rings (SSSR count). The molecule has 0 saturated carbocycles. The number of carbonyl (C=O) groups is 1. The summed E-state index contributed by atoms with van der Waals surface area (Å²) in [4.78, 5) is 11.8. The van der Waals surface area contributed by atoms with Crippen molar-refractivity contribution in [1.29, 1.82) is 0 Å². The van der Waals surface area contributed by atoms with Crippen molar-refractivity contribution in [2.75, 3.05) is 6.73 Å². The molecule has 2 aromatic carbocycles. The first-order chi connectivity index (χ1) is 10.8. The highest BCUT2D eigenvalue weighted by Gasteiger charge is 2.11. The minimum atomic E-state index is -0.364. The van der Waals surface area contributed by atoms with Gasteiger partial charge in [-0.3, -0.25) is 4.79 Å². The van der Waals surface area contributed by atoms with E-state index in [2.05, 4.69) is 29.6 Å². The third-order valence-corrected chi connectivity index (χ3v) is 3.59. The van der Waals surface area contributed by atoms with Crippen molar-refractivity contribution in [2.45, 2.75) is 6.54 Å². The van der Waals surface area contributed by atoms with Crippen LogP contribution in [-0.4, -0.2) is 17.7 Å². The number of benzene rings is 2. The lowest BCUT2D eigenvalue weighted by atomic mass is 10.0. The van der Waals surface area contributed by atoms with Crippen molar-refractivity contribution in [1.82, 2.24) is 5.32 Å². The van der Waals surface area contributed by atoms with Gasteiger partial charge in [-0.15, -0.1) is 0 Å². The molecule has 0 unspecified atom stereocenters. The summed E-state index contributed by atoms with van der Waals surface area (Å²) in [6.07, 6.45) is 3.71. The first kappa shape index (κ1) is 16.9. The molecule has 0 aliphatic rings. The smallest absolute Gasteiger partial charge is 0.259 e. The Morgan fingerprint density at radius 2 is 1.83 bits per heavy atom. The predicted molar refractivity (Wildman–Crippen MR) is 84.2 cm³/mol. The number of hydrogen-bond acceptors (Lipinski definition) is 2. The topological polar surface area (TPSA) is 53.2 Å². The fourth-order valence-electron chi connectivity index (χ4n) is 2.56. The highest BCUT2D eigenvalue weighted by molar-refractivity contribution is 5.93. The maximum absolute atomic E-state index is 11.8. The molecule has 0 saturated heterocycles. The van der Waals surface area contributed by atoms with Crippen LogP contribution in [0.3, 0.4) is 0 Å². The summed E-state index contributed by atoms with van der Waals surface area (Å²) in [6.45, 7) is 0.318. The number of nitrogens with zero attached hydrogens (tertiary/aromatic N) is 1. The number of nitrogens with one attached hydrogen (secondary N) is 1. The molecule has 23 heavy (non-hydrogen) atoms. The minimum Gasteiger partial charge on any atom is -1.00 e. The number of carbonyl (C=O) groups excluding carboxylic acids is 1. The predicted octanol–water partition coefficient (Wildman–Crippen LogP) is -1.14. The molecule has 0 aliphatic heterocycles. The van der Waals surface area contributed by atoms with E-state index in [0.29, 0.717) is 12.1 Å². The highest BCUT2D eigenvalue weighted by atomic mass is 35.5. The monoisotopic (exact) mass is 328 g/mol. The van der Waals surface area contributed by atoms with Gasteiger partial charge in [0.05, 0.1) is 0 Å². The number of fused-ring (bicyclic) bond motifs is 1. The number of hydrogen-bond donors (Lipinski definition) is 2. The molecular weight excluding hydrogens is 312 g/mol. The number of rotatable bonds is 4. The van der Waals surface area contributed by atoms with E-state index in [-0.39, 0.29) is 25.0 Å². The van der Waals surface area contributed by atoms with Crippen molar-refractivity contribution in [3.63, 3.8) is 0 Å². The van der Waals surface area contributed by atoms with Crippen LogP contribution in [0.1, 0.15) is 15.9 Å². The molecule has 4 nitrogen and oxygen atoms in total. The maximum Gasteiger partial charge on any atom is 0.259 e. The van der Waals surface area contributed by atoms with Crippen LogP contribution in [0, 0.1) is 0 Å². The van der Waals surface area contributed by atoms with E-state index in [0.717, 1.165) is 0 Å². The van der Waals surface area contributed by atoms with E-state index in [1.54, 1.807) is 12.3 Å². The Bertz CT molecular complexity index is 815. The van der Waals surface area contributed by atoms with Gasteiger partial charge in [-0.25, -0.2) is 0 Å². The van der Waals surface area contributed by atoms with Crippen LogP contribution < -0.4 is 22.3 Å². The zero-order valence-corrected chi connectivity index (χ0v) is 13.2. The summed E-state index contributed by atoms with van der Waals surface area (Å²) in [5, 5.41) is 13.6. The first-order valence-corrected chi connectivity index (χ1v) is 7.13. The van der Waals surface area contributed by atoms with Crippen molar-refractivity contribution in [2.24, 2.45) is 0 Å². The zero-order chi connectivity index (χ0) is 15.4. The second kappa shape index (κ2) is 7.72. The molecule has 0 spiro atoms. The van der Waals surface area contributed by atoms with E-state index in [1.807, 2.05) is 35.0 Å². The lowest BCUT2D eigenvalue weighted by molar-refractivity contribution is -0.688. The molecular formula is C18H17ClN2O2. The molecule has 2 N–H and O–H groups in total. The number of pyridine rings is 1. The quantitative estimate of drug-likeness (QED) is 0.470. The normalized spacial score (nSPS) is 10.1. The standard InChI is InChI=1S/C18H16N2O2.ClH/c21-13-19-18(22)16-8-4-10-20(12-16)11-15-7-3-6-14-5-1-2-9-17(14)15;/h1-10,12,21H,11,13H2;1H. The molecule has 3 aromatic rings. The van der Waals surface area contributed by atoms with Gasteiger partial charge >= 0.3 is 0 Å². The van der Waals surface area contributed by atoms with Crippen LogP contribution in [0.15, 0.2) is 67.0 Å². The summed E-state index contributed by atoms with van der Waals surface area (Å²) in [5.41, 5.74) is 1.72. The molecule has 1 aromatic heterocycles. The second-order valence-corrected chi connectivity index (χ2v) is 5.07. The summed E-state index contributed by atoms with van der Waals surface area (Å²) in [7, 11) is 0. The lowest BCUT2D eigenvalue weighted by Gasteiger charge is -2.05. The molecule has 1 heterocycles. The van der Waals surface area contributed by atoms with Crippen LogP contribution in [0.4, 0.5) is 0 Å². The maximum atomic E-state index is 11.8. The summed E-state index contributed by atoms with van der Waals surface area (Å²) >= 11 is 0. The van der Waals surface area contributed by atoms with Gasteiger partial charge in [-0.1, -0.05) is 42.5 Å². The van der Waals surface area contributed by atoms with Gasteiger partial charge < -0.3 is 22.8 Å². The molecule has 0 fully saturated rings.